The lowest BCUT2D eigenvalue weighted by molar-refractivity contribution is 0.444. The van der Waals surface area contributed by atoms with E-state index >= 15 is 0 Å². The van der Waals surface area contributed by atoms with Crippen LogP contribution in [0.5, 0.6) is 0 Å². The van der Waals surface area contributed by atoms with Crippen molar-refractivity contribution in [2.75, 3.05) is 6.54 Å². The fraction of sp³-hybridized carbons (Fsp3) is 0.412. The number of furan rings is 1. The standard InChI is InChI=1S/C17H23NO/c1-4-18-16(12-17-6-5-9-19-17)11-15-10-13(2)7-8-14(15)3/h5-10,16,18H,4,11-12H2,1-3H3. The molecule has 102 valence electrons. The molecule has 0 aliphatic carbocycles. The molecule has 0 fully saturated rings. The first-order valence-electron chi connectivity index (χ1n) is 7.01. The van der Waals surface area contributed by atoms with Crippen LogP contribution in [-0.4, -0.2) is 12.6 Å². The van der Waals surface area contributed by atoms with Gasteiger partial charge in [0.05, 0.1) is 6.26 Å². The molecular formula is C17H23NO. The van der Waals surface area contributed by atoms with Gasteiger partial charge in [-0.15, -0.1) is 0 Å². The van der Waals surface area contributed by atoms with E-state index in [-0.39, 0.29) is 0 Å². The normalized spacial score (nSPS) is 12.6. The van der Waals surface area contributed by atoms with E-state index in [0.717, 1.165) is 25.1 Å². The topological polar surface area (TPSA) is 25.2 Å². The molecule has 1 unspecified atom stereocenters. The summed E-state index contributed by atoms with van der Waals surface area (Å²) in [5, 5.41) is 3.56. The van der Waals surface area contributed by atoms with Crippen molar-refractivity contribution in [1.29, 1.82) is 0 Å². The molecule has 2 aromatic rings. The van der Waals surface area contributed by atoms with Crippen molar-refractivity contribution in [2.45, 2.75) is 39.7 Å². The number of nitrogens with one attached hydrogen (secondary N) is 1. The van der Waals surface area contributed by atoms with Gasteiger partial charge < -0.3 is 9.73 Å². The van der Waals surface area contributed by atoms with Crippen molar-refractivity contribution < 1.29 is 4.42 Å². The monoisotopic (exact) mass is 257 g/mol. The number of likely N-dealkylation sites (N-methyl/N-ethyl adjacent to an activating group) is 1. The van der Waals surface area contributed by atoms with Crippen molar-refractivity contribution in [1.82, 2.24) is 5.32 Å². The molecule has 0 amide bonds. The van der Waals surface area contributed by atoms with Gasteiger partial charge >= 0.3 is 0 Å². The van der Waals surface area contributed by atoms with Crippen LogP contribution in [0.15, 0.2) is 41.0 Å². The Morgan fingerprint density at radius 3 is 2.68 bits per heavy atom. The second kappa shape index (κ2) is 6.58. The summed E-state index contributed by atoms with van der Waals surface area (Å²) in [6.07, 6.45) is 3.73. The first kappa shape index (κ1) is 13.9. The number of benzene rings is 1. The van der Waals surface area contributed by atoms with Crippen LogP contribution in [0.4, 0.5) is 0 Å². The first-order valence-corrected chi connectivity index (χ1v) is 7.01. The van der Waals surface area contributed by atoms with E-state index in [1.54, 1.807) is 6.26 Å². The second-order valence-corrected chi connectivity index (χ2v) is 5.17. The van der Waals surface area contributed by atoms with E-state index in [1.807, 2.05) is 12.1 Å². The predicted octanol–water partition coefficient (Wildman–Crippen LogP) is 3.66. The summed E-state index contributed by atoms with van der Waals surface area (Å²) in [4.78, 5) is 0. The van der Waals surface area contributed by atoms with Crippen LogP contribution in [0, 0.1) is 13.8 Å². The van der Waals surface area contributed by atoms with Crippen molar-refractivity contribution in [3.05, 3.63) is 59.0 Å². The average Bonchev–Trinajstić information content (AvgIpc) is 2.87. The molecule has 1 atom stereocenters. The molecule has 0 radical (unpaired) electrons. The van der Waals surface area contributed by atoms with Crippen LogP contribution in [0.3, 0.4) is 0 Å². The van der Waals surface area contributed by atoms with Crippen molar-refractivity contribution in [3.8, 4) is 0 Å². The zero-order chi connectivity index (χ0) is 13.7. The van der Waals surface area contributed by atoms with Gasteiger partial charge in [-0.2, -0.15) is 0 Å². The molecule has 0 saturated carbocycles. The Bertz CT molecular complexity index is 502. The van der Waals surface area contributed by atoms with E-state index in [0.29, 0.717) is 6.04 Å². The lowest BCUT2D eigenvalue weighted by Crippen LogP contribution is -2.33. The highest BCUT2D eigenvalue weighted by Gasteiger charge is 2.12. The first-order chi connectivity index (χ1) is 9.19. The highest BCUT2D eigenvalue weighted by Crippen LogP contribution is 2.15. The Morgan fingerprint density at radius 1 is 1.16 bits per heavy atom. The summed E-state index contributed by atoms with van der Waals surface area (Å²) in [6, 6.07) is 11.1. The van der Waals surface area contributed by atoms with Crippen LogP contribution >= 0.6 is 0 Å². The number of hydrogen-bond acceptors (Lipinski definition) is 2. The van der Waals surface area contributed by atoms with E-state index < -0.39 is 0 Å². The van der Waals surface area contributed by atoms with Gasteiger partial charge in [-0.25, -0.2) is 0 Å². The maximum absolute atomic E-state index is 5.46. The summed E-state index contributed by atoms with van der Waals surface area (Å²) < 4.78 is 5.46. The summed E-state index contributed by atoms with van der Waals surface area (Å²) in [6.45, 7) is 7.47. The fourth-order valence-electron chi connectivity index (χ4n) is 2.46. The fourth-order valence-corrected chi connectivity index (χ4v) is 2.46. The van der Waals surface area contributed by atoms with Crippen molar-refractivity contribution in [3.63, 3.8) is 0 Å². The zero-order valence-corrected chi connectivity index (χ0v) is 12.1. The molecule has 19 heavy (non-hydrogen) atoms. The molecule has 0 spiro atoms. The Morgan fingerprint density at radius 2 is 2.00 bits per heavy atom. The van der Waals surface area contributed by atoms with Crippen LogP contribution in [0.1, 0.15) is 29.4 Å². The van der Waals surface area contributed by atoms with E-state index in [4.69, 9.17) is 4.42 Å². The quantitative estimate of drug-likeness (QED) is 0.854. The average molecular weight is 257 g/mol. The molecule has 0 aliphatic rings. The van der Waals surface area contributed by atoms with Gasteiger partial charge in [-0.1, -0.05) is 30.7 Å². The summed E-state index contributed by atoms with van der Waals surface area (Å²) in [5.74, 6) is 1.05. The van der Waals surface area contributed by atoms with Crippen LogP contribution < -0.4 is 5.32 Å². The minimum Gasteiger partial charge on any atom is -0.469 e. The Kier molecular flexibility index (Phi) is 4.80. The lowest BCUT2D eigenvalue weighted by atomic mass is 9.97. The maximum atomic E-state index is 5.46. The highest BCUT2D eigenvalue weighted by molar-refractivity contribution is 5.31. The zero-order valence-electron chi connectivity index (χ0n) is 12.1. The molecule has 1 aromatic heterocycles. The molecule has 0 saturated heterocycles. The Balaban J connectivity index is 2.09. The Labute approximate surface area is 115 Å². The predicted molar refractivity (Wildman–Crippen MR) is 79.5 cm³/mol. The van der Waals surface area contributed by atoms with Crippen LogP contribution in [-0.2, 0) is 12.8 Å². The second-order valence-electron chi connectivity index (χ2n) is 5.17. The minimum atomic E-state index is 0.427. The molecule has 0 aliphatic heterocycles. The number of hydrogen-bond donors (Lipinski definition) is 1. The van der Waals surface area contributed by atoms with E-state index in [2.05, 4.69) is 44.3 Å². The van der Waals surface area contributed by atoms with Crippen molar-refractivity contribution in [2.24, 2.45) is 0 Å². The summed E-state index contributed by atoms with van der Waals surface area (Å²) >= 11 is 0. The van der Waals surface area contributed by atoms with Crippen LogP contribution in [0.2, 0.25) is 0 Å². The van der Waals surface area contributed by atoms with Gasteiger partial charge in [-0.05, 0) is 50.1 Å². The minimum absolute atomic E-state index is 0.427. The molecule has 2 rings (SSSR count). The third kappa shape index (κ3) is 3.97. The molecule has 1 heterocycles. The van der Waals surface area contributed by atoms with Crippen molar-refractivity contribution >= 4 is 0 Å². The summed E-state index contributed by atoms with van der Waals surface area (Å²) in [7, 11) is 0. The lowest BCUT2D eigenvalue weighted by Gasteiger charge is -2.18. The largest absolute Gasteiger partial charge is 0.469 e. The molecule has 2 nitrogen and oxygen atoms in total. The molecule has 2 heteroatoms. The number of rotatable bonds is 6. The van der Waals surface area contributed by atoms with Gasteiger partial charge in [0, 0.05) is 12.5 Å². The third-order valence-electron chi connectivity index (χ3n) is 3.49. The maximum Gasteiger partial charge on any atom is 0.105 e. The SMILES string of the molecule is CCNC(Cc1ccco1)Cc1cc(C)ccc1C. The van der Waals surface area contributed by atoms with Gasteiger partial charge in [0.15, 0.2) is 0 Å². The summed E-state index contributed by atoms with van der Waals surface area (Å²) in [5.41, 5.74) is 4.12. The molecule has 1 aromatic carbocycles. The molecule has 0 bridgehead atoms. The van der Waals surface area contributed by atoms with Crippen LogP contribution in [0.25, 0.3) is 0 Å². The third-order valence-corrected chi connectivity index (χ3v) is 3.49. The molecular weight excluding hydrogens is 234 g/mol. The Hall–Kier alpha value is -1.54. The number of aryl methyl sites for hydroxylation is 2. The van der Waals surface area contributed by atoms with Gasteiger partial charge in [0.1, 0.15) is 5.76 Å². The molecule has 1 N–H and O–H groups in total. The highest BCUT2D eigenvalue weighted by atomic mass is 16.3. The van der Waals surface area contributed by atoms with E-state index in [9.17, 15) is 0 Å². The van der Waals surface area contributed by atoms with Gasteiger partial charge in [0.25, 0.3) is 0 Å². The van der Waals surface area contributed by atoms with Gasteiger partial charge in [-0.3, -0.25) is 0 Å². The van der Waals surface area contributed by atoms with Gasteiger partial charge in [0.2, 0.25) is 0 Å². The van der Waals surface area contributed by atoms with E-state index in [1.165, 1.54) is 16.7 Å². The smallest absolute Gasteiger partial charge is 0.105 e.